The molecule has 6 heteroatoms. The number of hydrogen-bond acceptors (Lipinski definition) is 3. The van der Waals surface area contributed by atoms with Crippen LogP contribution in [-0.4, -0.2) is 14.5 Å². The largest absolute Gasteiger partial charge is 0.315 e. The van der Waals surface area contributed by atoms with Crippen molar-refractivity contribution in [3.8, 4) is 0 Å². The molecule has 2 aromatic heterocycles. The summed E-state index contributed by atoms with van der Waals surface area (Å²) in [5.74, 6) is 0.835. The van der Waals surface area contributed by atoms with Gasteiger partial charge in [-0.25, -0.2) is 9.97 Å². The van der Waals surface area contributed by atoms with Gasteiger partial charge in [-0.05, 0) is 25.5 Å². The lowest BCUT2D eigenvalue weighted by Crippen LogP contribution is -2.13. The fraction of sp³-hybridized carbons (Fsp3) is 0.333. The summed E-state index contributed by atoms with van der Waals surface area (Å²) < 4.78 is 2.15. The molecule has 2 heterocycles. The van der Waals surface area contributed by atoms with Crippen molar-refractivity contribution < 1.29 is 0 Å². The Labute approximate surface area is 137 Å². The van der Waals surface area contributed by atoms with Crippen molar-refractivity contribution in [1.29, 1.82) is 0 Å². The van der Waals surface area contributed by atoms with E-state index in [1.54, 1.807) is 11.3 Å². The van der Waals surface area contributed by atoms with Gasteiger partial charge in [0, 0.05) is 11.6 Å². The number of halogens is 2. The Bertz CT molecular complexity index is 750. The molecule has 0 spiro atoms. The smallest absolute Gasteiger partial charge is 0.128 e. The number of fused-ring (bicyclic) bond motifs is 1. The first-order valence-corrected chi connectivity index (χ1v) is 8.52. The molecule has 0 N–H and O–H groups in total. The third-order valence-electron chi connectivity index (χ3n) is 3.48. The molecular weight excluding hydrogens is 325 g/mol. The summed E-state index contributed by atoms with van der Waals surface area (Å²) in [6.07, 6.45) is 2.73. The van der Waals surface area contributed by atoms with Gasteiger partial charge in [-0.3, -0.25) is 0 Å². The number of rotatable bonds is 4. The van der Waals surface area contributed by atoms with Crippen LogP contribution in [0.25, 0.3) is 11.0 Å². The fourth-order valence-corrected chi connectivity index (χ4v) is 3.81. The molecule has 3 nitrogen and oxygen atoms in total. The summed E-state index contributed by atoms with van der Waals surface area (Å²) in [6, 6.07) is 5.87. The van der Waals surface area contributed by atoms with Gasteiger partial charge in [0.1, 0.15) is 10.8 Å². The molecule has 3 aromatic rings. The van der Waals surface area contributed by atoms with E-state index in [1.807, 2.05) is 36.7 Å². The topological polar surface area (TPSA) is 30.7 Å². The molecule has 3 rings (SSSR count). The van der Waals surface area contributed by atoms with Gasteiger partial charge in [0.15, 0.2) is 0 Å². The van der Waals surface area contributed by atoms with Crippen LogP contribution in [0.2, 0.25) is 5.02 Å². The van der Waals surface area contributed by atoms with Gasteiger partial charge in [0.25, 0.3) is 0 Å². The van der Waals surface area contributed by atoms with Crippen molar-refractivity contribution in [2.75, 3.05) is 0 Å². The van der Waals surface area contributed by atoms with Crippen LogP contribution >= 0.6 is 34.5 Å². The Morgan fingerprint density at radius 1 is 1.38 bits per heavy atom. The van der Waals surface area contributed by atoms with Gasteiger partial charge < -0.3 is 4.57 Å². The second-order valence-corrected chi connectivity index (χ2v) is 6.85. The van der Waals surface area contributed by atoms with Crippen LogP contribution in [0.4, 0.5) is 0 Å². The highest BCUT2D eigenvalue weighted by Crippen LogP contribution is 2.36. The number of benzene rings is 1. The molecule has 1 aromatic carbocycles. The van der Waals surface area contributed by atoms with E-state index in [0.29, 0.717) is 5.02 Å². The number of nitrogens with zero attached hydrogens (tertiary/aromatic N) is 3. The number of thiazole rings is 1. The van der Waals surface area contributed by atoms with Crippen molar-refractivity contribution in [2.45, 2.75) is 31.7 Å². The highest BCUT2D eigenvalue weighted by atomic mass is 35.5. The summed E-state index contributed by atoms with van der Waals surface area (Å²) in [5.41, 5.74) is 1.81. The van der Waals surface area contributed by atoms with Gasteiger partial charge in [-0.1, -0.05) is 24.6 Å². The van der Waals surface area contributed by atoms with Crippen molar-refractivity contribution in [1.82, 2.24) is 14.5 Å². The van der Waals surface area contributed by atoms with Crippen LogP contribution < -0.4 is 0 Å². The summed E-state index contributed by atoms with van der Waals surface area (Å²) >= 11 is 14.4. The summed E-state index contributed by atoms with van der Waals surface area (Å²) in [7, 11) is 0. The summed E-state index contributed by atoms with van der Waals surface area (Å²) in [5, 5.41) is 3.54. The molecule has 21 heavy (non-hydrogen) atoms. The van der Waals surface area contributed by atoms with Crippen molar-refractivity contribution in [3.63, 3.8) is 0 Å². The molecule has 0 radical (unpaired) electrons. The minimum Gasteiger partial charge on any atom is -0.315 e. The number of hydrogen-bond donors (Lipinski definition) is 0. The van der Waals surface area contributed by atoms with Crippen LogP contribution in [0.1, 0.15) is 42.5 Å². The summed E-state index contributed by atoms with van der Waals surface area (Å²) in [4.78, 5) is 9.14. The third kappa shape index (κ3) is 2.56. The SMILES string of the molecule is CCC(c1nccs1)n1c(C(C)Cl)nc2cccc(Cl)c21. The first kappa shape index (κ1) is 14.8. The first-order valence-electron chi connectivity index (χ1n) is 6.83. The summed E-state index contributed by atoms with van der Waals surface area (Å²) in [6.45, 7) is 4.07. The lowest BCUT2D eigenvalue weighted by atomic mass is 10.2. The number of alkyl halides is 1. The number of imidazole rings is 1. The van der Waals surface area contributed by atoms with Crippen LogP contribution in [0.15, 0.2) is 29.8 Å². The van der Waals surface area contributed by atoms with Crippen LogP contribution in [0.3, 0.4) is 0 Å². The monoisotopic (exact) mass is 339 g/mol. The maximum absolute atomic E-state index is 6.42. The zero-order valence-electron chi connectivity index (χ0n) is 11.8. The van der Waals surface area contributed by atoms with Crippen LogP contribution in [-0.2, 0) is 0 Å². The maximum Gasteiger partial charge on any atom is 0.128 e. The molecular formula is C15H15Cl2N3S. The Morgan fingerprint density at radius 3 is 2.81 bits per heavy atom. The predicted octanol–water partition coefficient (Wildman–Crippen LogP) is 5.45. The van der Waals surface area contributed by atoms with Crippen LogP contribution in [0, 0.1) is 0 Å². The minimum atomic E-state index is -0.192. The van der Waals surface area contributed by atoms with E-state index in [2.05, 4.69) is 21.5 Å². The average Bonchev–Trinajstić information content (AvgIpc) is 3.09. The molecule has 2 atom stereocenters. The molecule has 2 unspecified atom stereocenters. The molecule has 0 saturated heterocycles. The Balaban J connectivity index is 2.30. The van der Waals surface area contributed by atoms with Crippen molar-refractivity contribution in [2.24, 2.45) is 0 Å². The van der Waals surface area contributed by atoms with Gasteiger partial charge in [-0.2, -0.15) is 0 Å². The Kier molecular flexibility index (Phi) is 4.20. The van der Waals surface area contributed by atoms with E-state index in [1.165, 1.54) is 0 Å². The Hall–Kier alpha value is -1.10. The zero-order valence-corrected chi connectivity index (χ0v) is 14.1. The third-order valence-corrected chi connectivity index (χ3v) is 4.86. The zero-order chi connectivity index (χ0) is 15.0. The highest BCUT2D eigenvalue weighted by Gasteiger charge is 2.24. The lowest BCUT2D eigenvalue weighted by Gasteiger charge is -2.19. The quantitative estimate of drug-likeness (QED) is 0.592. The van der Waals surface area contributed by atoms with Gasteiger partial charge >= 0.3 is 0 Å². The van der Waals surface area contributed by atoms with Crippen molar-refractivity contribution >= 4 is 45.6 Å². The molecule has 110 valence electrons. The van der Waals surface area contributed by atoms with E-state index in [4.69, 9.17) is 23.2 Å². The van der Waals surface area contributed by atoms with E-state index in [0.717, 1.165) is 28.3 Å². The van der Waals surface area contributed by atoms with Crippen LogP contribution in [0.5, 0.6) is 0 Å². The molecule has 0 aliphatic rings. The fourth-order valence-electron chi connectivity index (χ4n) is 2.59. The van der Waals surface area contributed by atoms with Gasteiger partial charge in [0.05, 0.1) is 27.5 Å². The molecule has 0 aliphatic carbocycles. The second kappa shape index (κ2) is 5.95. The van der Waals surface area contributed by atoms with E-state index in [-0.39, 0.29) is 11.4 Å². The molecule has 0 fully saturated rings. The second-order valence-electron chi connectivity index (χ2n) is 4.86. The minimum absolute atomic E-state index is 0.103. The number of aromatic nitrogens is 3. The van der Waals surface area contributed by atoms with E-state index in [9.17, 15) is 0 Å². The molecule has 0 saturated carbocycles. The van der Waals surface area contributed by atoms with Crippen molar-refractivity contribution in [3.05, 3.63) is 45.6 Å². The Morgan fingerprint density at radius 2 is 2.19 bits per heavy atom. The van der Waals surface area contributed by atoms with E-state index < -0.39 is 0 Å². The van der Waals surface area contributed by atoms with Gasteiger partial charge in [-0.15, -0.1) is 22.9 Å². The average molecular weight is 340 g/mol. The standard InChI is InChI=1S/C15H15Cl2N3S/c1-3-12(15-18-7-8-21-15)20-13-10(17)5-4-6-11(13)19-14(20)9(2)16/h4-9,12H,3H2,1-2H3. The normalized spacial score (nSPS) is 14.5. The van der Waals surface area contributed by atoms with E-state index >= 15 is 0 Å². The molecule has 0 amide bonds. The van der Waals surface area contributed by atoms with Gasteiger partial charge in [0.2, 0.25) is 0 Å². The molecule has 0 aliphatic heterocycles. The lowest BCUT2D eigenvalue weighted by molar-refractivity contribution is 0.552. The maximum atomic E-state index is 6.42. The molecule has 0 bridgehead atoms. The first-order chi connectivity index (χ1) is 10.1. The predicted molar refractivity (Wildman–Crippen MR) is 89.6 cm³/mol. The highest BCUT2D eigenvalue weighted by molar-refractivity contribution is 7.09. The number of para-hydroxylation sites is 1.